The van der Waals surface area contributed by atoms with Crippen LogP contribution in [0.3, 0.4) is 0 Å². The number of hydrogen-bond acceptors (Lipinski definition) is 3. The molecule has 132 valence electrons. The van der Waals surface area contributed by atoms with Crippen LogP contribution in [0.15, 0.2) is 18.2 Å². The highest BCUT2D eigenvalue weighted by molar-refractivity contribution is 5.38. The third-order valence-corrected chi connectivity index (χ3v) is 7.88. The zero-order chi connectivity index (χ0) is 17.1. The molecular weight excluding hydrogens is 300 g/mol. The van der Waals surface area contributed by atoms with Gasteiger partial charge < -0.3 is 15.3 Å². The maximum Gasteiger partial charge on any atom is 0.0958 e. The Kier molecular flexibility index (Phi) is 3.83. The van der Waals surface area contributed by atoms with Crippen LogP contribution in [0, 0.1) is 17.3 Å². The molecule has 0 bridgehead atoms. The average molecular weight is 330 g/mol. The summed E-state index contributed by atoms with van der Waals surface area (Å²) in [5.41, 5.74) is 2.81. The van der Waals surface area contributed by atoms with Crippen molar-refractivity contribution in [2.75, 3.05) is 0 Å². The quantitative estimate of drug-likeness (QED) is 0.781. The molecule has 3 N–H and O–H groups in total. The predicted octanol–water partition coefficient (Wildman–Crippen LogP) is 3.15. The van der Waals surface area contributed by atoms with Crippen LogP contribution in [0.2, 0.25) is 0 Å². The van der Waals surface area contributed by atoms with Crippen LogP contribution in [0.1, 0.15) is 68.6 Å². The molecule has 0 saturated heterocycles. The number of fused-ring (bicyclic) bond motifs is 5. The van der Waals surface area contributed by atoms with Gasteiger partial charge in [0, 0.05) is 5.41 Å². The van der Waals surface area contributed by atoms with Crippen LogP contribution in [0.5, 0.6) is 0 Å². The molecule has 4 rings (SSSR count). The smallest absolute Gasteiger partial charge is 0.0958 e. The Morgan fingerprint density at radius 1 is 1.21 bits per heavy atom. The molecule has 24 heavy (non-hydrogen) atoms. The average Bonchev–Trinajstić information content (AvgIpc) is 2.87. The Labute approximate surface area is 144 Å². The number of benzene rings is 1. The first-order valence-corrected chi connectivity index (χ1v) is 9.54. The Morgan fingerprint density at radius 2 is 2.00 bits per heavy atom. The lowest BCUT2D eigenvalue weighted by molar-refractivity contribution is -0.159. The first-order chi connectivity index (χ1) is 11.4. The van der Waals surface area contributed by atoms with Crippen molar-refractivity contribution in [3.8, 4) is 0 Å². The van der Waals surface area contributed by atoms with Gasteiger partial charge in [0.1, 0.15) is 0 Å². The maximum atomic E-state index is 11.2. The Morgan fingerprint density at radius 3 is 2.71 bits per heavy atom. The van der Waals surface area contributed by atoms with Crippen molar-refractivity contribution in [2.24, 2.45) is 17.3 Å². The molecular formula is C21H30O3. The van der Waals surface area contributed by atoms with Crippen LogP contribution < -0.4 is 0 Å². The summed E-state index contributed by atoms with van der Waals surface area (Å²) in [5, 5.41) is 30.8. The third kappa shape index (κ3) is 2.07. The summed E-state index contributed by atoms with van der Waals surface area (Å²) in [6.45, 7) is 4.09. The van der Waals surface area contributed by atoms with E-state index in [1.54, 1.807) is 6.92 Å². The zero-order valence-electron chi connectivity index (χ0n) is 14.8. The molecule has 3 aliphatic carbocycles. The molecule has 0 spiro atoms. The summed E-state index contributed by atoms with van der Waals surface area (Å²) in [6, 6.07) is 6.48. The highest BCUT2D eigenvalue weighted by Gasteiger charge is 2.63. The van der Waals surface area contributed by atoms with Gasteiger partial charge in [0.2, 0.25) is 0 Å². The summed E-state index contributed by atoms with van der Waals surface area (Å²) in [7, 11) is 0. The summed E-state index contributed by atoms with van der Waals surface area (Å²) in [5.74, 6) is 1.70. The van der Waals surface area contributed by atoms with Gasteiger partial charge in [-0.2, -0.15) is 0 Å². The Hall–Kier alpha value is -0.900. The van der Waals surface area contributed by atoms with E-state index in [9.17, 15) is 15.3 Å². The highest BCUT2D eigenvalue weighted by atomic mass is 16.3. The molecule has 2 fully saturated rings. The molecule has 0 amide bonds. The van der Waals surface area contributed by atoms with E-state index >= 15 is 0 Å². The van der Waals surface area contributed by atoms with Gasteiger partial charge in [0.25, 0.3) is 0 Å². The minimum Gasteiger partial charge on any atom is -0.392 e. The van der Waals surface area contributed by atoms with Crippen molar-refractivity contribution in [3.63, 3.8) is 0 Å². The minimum atomic E-state index is -0.927. The maximum absolute atomic E-state index is 11.2. The van der Waals surface area contributed by atoms with Gasteiger partial charge in [-0.1, -0.05) is 25.1 Å². The first-order valence-electron chi connectivity index (χ1n) is 9.54. The second-order valence-electron chi connectivity index (χ2n) is 8.70. The number of rotatable bonds is 2. The van der Waals surface area contributed by atoms with E-state index in [-0.39, 0.29) is 12.0 Å². The van der Waals surface area contributed by atoms with Gasteiger partial charge >= 0.3 is 0 Å². The second-order valence-corrected chi connectivity index (χ2v) is 8.70. The number of aliphatic hydroxyl groups excluding tert-OH is 2. The van der Waals surface area contributed by atoms with E-state index in [0.29, 0.717) is 17.8 Å². The summed E-state index contributed by atoms with van der Waals surface area (Å²) in [4.78, 5) is 0. The van der Waals surface area contributed by atoms with Gasteiger partial charge in [-0.3, -0.25) is 0 Å². The molecule has 0 heterocycles. The summed E-state index contributed by atoms with van der Waals surface area (Å²) < 4.78 is 0. The largest absolute Gasteiger partial charge is 0.392 e. The lowest BCUT2D eigenvalue weighted by Crippen LogP contribution is -2.55. The van der Waals surface area contributed by atoms with Gasteiger partial charge in [-0.15, -0.1) is 0 Å². The fraction of sp³-hybridized carbons (Fsp3) is 0.714. The van der Waals surface area contributed by atoms with Gasteiger partial charge in [0.05, 0.1) is 18.3 Å². The standard InChI is InChI=1S/C21H30O3/c1-13(23)21(24)10-8-19-18-6-4-15-11-14(12-22)3-5-16(15)17(18)7-9-20(19,21)2/h3,5,11,13,17-19,22-24H,4,6-10,12H2,1-2H3/t13?,17?,18?,19?,20?,21-/m0/s1. The molecule has 3 aliphatic rings. The number of hydrogen-bond donors (Lipinski definition) is 3. The van der Waals surface area contributed by atoms with Crippen LogP contribution in [0.4, 0.5) is 0 Å². The monoisotopic (exact) mass is 330 g/mol. The van der Waals surface area contributed by atoms with Crippen LogP contribution in [-0.4, -0.2) is 27.0 Å². The second kappa shape index (κ2) is 5.55. The number of aliphatic hydroxyl groups is 3. The van der Waals surface area contributed by atoms with E-state index in [0.717, 1.165) is 37.7 Å². The minimum absolute atomic E-state index is 0.115. The SMILES string of the molecule is CC(O)[C@@]1(O)CCC2C3CCc4cc(CO)ccc4C3CCC21C. The zero-order valence-corrected chi connectivity index (χ0v) is 14.8. The van der Waals surface area contributed by atoms with Crippen molar-refractivity contribution in [2.45, 2.75) is 76.6 Å². The Bertz CT molecular complexity index is 640. The molecule has 3 heteroatoms. The summed E-state index contributed by atoms with van der Waals surface area (Å²) in [6.07, 6.45) is 5.42. The van der Waals surface area contributed by atoms with Crippen LogP contribution in [-0.2, 0) is 13.0 Å². The highest BCUT2D eigenvalue weighted by Crippen LogP contribution is 2.64. The topological polar surface area (TPSA) is 60.7 Å². The van der Waals surface area contributed by atoms with E-state index in [4.69, 9.17) is 0 Å². The molecule has 2 saturated carbocycles. The molecule has 0 aliphatic heterocycles. The first kappa shape index (κ1) is 16.6. The van der Waals surface area contributed by atoms with Crippen molar-refractivity contribution < 1.29 is 15.3 Å². The van der Waals surface area contributed by atoms with Gasteiger partial charge in [0.15, 0.2) is 0 Å². The van der Waals surface area contributed by atoms with Crippen molar-refractivity contribution >= 4 is 0 Å². The number of aryl methyl sites for hydroxylation is 1. The fourth-order valence-electron chi connectivity index (χ4n) is 6.47. The molecule has 5 unspecified atom stereocenters. The van der Waals surface area contributed by atoms with E-state index in [1.807, 2.05) is 0 Å². The Balaban J connectivity index is 1.68. The van der Waals surface area contributed by atoms with Crippen LogP contribution in [0.25, 0.3) is 0 Å². The third-order valence-electron chi connectivity index (χ3n) is 7.88. The lowest BCUT2D eigenvalue weighted by atomic mass is 9.52. The molecule has 1 aromatic rings. The van der Waals surface area contributed by atoms with Gasteiger partial charge in [-0.05, 0) is 79.9 Å². The normalized spacial score (nSPS) is 42.1. The molecule has 6 atom stereocenters. The molecule has 3 nitrogen and oxygen atoms in total. The van der Waals surface area contributed by atoms with Crippen molar-refractivity contribution in [1.82, 2.24) is 0 Å². The van der Waals surface area contributed by atoms with Crippen molar-refractivity contribution in [3.05, 3.63) is 34.9 Å². The van der Waals surface area contributed by atoms with Gasteiger partial charge in [-0.25, -0.2) is 0 Å². The van der Waals surface area contributed by atoms with E-state index < -0.39 is 11.7 Å². The lowest BCUT2D eigenvalue weighted by Gasteiger charge is -2.54. The van der Waals surface area contributed by atoms with E-state index in [2.05, 4.69) is 25.1 Å². The molecule has 0 radical (unpaired) electrons. The predicted molar refractivity (Wildman–Crippen MR) is 93.6 cm³/mol. The molecule has 0 aromatic heterocycles. The molecule has 1 aromatic carbocycles. The van der Waals surface area contributed by atoms with Crippen molar-refractivity contribution in [1.29, 1.82) is 0 Å². The fourth-order valence-corrected chi connectivity index (χ4v) is 6.47. The van der Waals surface area contributed by atoms with E-state index in [1.165, 1.54) is 17.5 Å². The summed E-state index contributed by atoms with van der Waals surface area (Å²) >= 11 is 0. The van der Waals surface area contributed by atoms with Crippen LogP contribution >= 0.6 is 0 Å².